The number of ether oxygens (including phenoxy) is 3. The largest absolute Gasteiger partial charge is 0.462 e. The zero-order chi connectivity index (χ0) is 50.9. The normalized spacial score (nSPS) is 12.3. The maximum Gasteiger partial charge on any atom is 0.306 e. The van der Waals surface area contributed by atoms with E-state index in [2.05, 4.69) is 27.7 Å². The summed E-state index contributed by atoms with van der Waals surface area (Å²) in [6, 6.07) is 0. The van der Waals surface area contributed by atoms with Gasteiger partial charge in [-0.2, -0.15) is 0 Å². The predicted octanol–water partition coefficient (Wildman–Crippen LogP) is 21.4. The van der Waals surface area contributed by atoms with Crippen LogP contribution in [0.4, 0.5) is 0 Å². The molecule has 0 rings (SSSR count). The number of hydrogen-bond acceptors (Lipinski definition) is 6. The summed E-state index contributed by atoms with van der Waals surface area (Å²) in [6.07, 6.45) is 65.2. The minimum atomic E-state index is -0.763. The molecular formula is C64H124O6. The molecule has 0 spiro atoms. The maximum atomic E-state index is 12.9. The van der Waals surface area contributed by atoms with Gasteiger partial charge in [0.15, 0.2) is 6.10 Å². The molecule has 0 aliphatic rings. The molecule has 0 aromatic rings. The van der Waals surface area contributed by atoms with Crippen molar-refractivity contribution in [3.05, 3.63) is 0 Å². The molecule has 0 saturated heterocycles. The Hall–Kier alpha value is -1.59. The third-order valence-corrected chi connectivity index (χ3v) is 15.2. The van der Waals surface area contributed by atoms with Crippen LogP contribution >= 0.6 is 0 Å². The van der Waals surface area contributed by atoms with Gasteiger partial charge in [-0.3, -0.25) is 14.4 Å². The summed E-state index contributed by atoms with van der Waals surface area (Å²) in [6.45, 7) is 9.12. The molecule has 0 radical (unpaired) electrons. The molecular weight excluding hydrogens is 865 g/mol. The number of unbranched alkanes of at least 4 members (excludes halogenated alkanes) is 45. The highest BCUT2D eigenvalue weighted by Crippen LogP contribution is 2.19. The van der Waals surface area contributed by atoms with Crippen LogP contribution in [-0.4, -0.2) is 37.2 Å². The molecule has 416 valence electrons. The Labute approximate surface area is 438 Å². The minimum absolute atomic E-state index is 0.0612. The molecule has 0 heterocycles. The van der Waals surface area contributed by atoms with E-state index in [0.29, 0.717) is 19.3 Å². The minimum Gasteiger partial charge on any atom is -0.462 e. The van der Waals surface area contributed by atoms with E-state index in [1.165, 1.54) is 263 Å². The molecule has 0 aliphatic heterocycles. The average Bonchev–Trinajstić information content (AvgIpc) is 3.36. The predicted molar refractivity (Wildman–Crippen MR) is 303 cm³/mol. The third kappa shape index (κ3) is 55.7. The second kappa shape index (κ2) is 58.3. The average molecular weight is 990 g/mol. The van der Waals surface area contributed by atoms with Gasteiger partial charge in [0.05, 0.1) is 0 Å². The van der Waals surface area contributed by atoms with Gasteiger partial charge in [0.25, 0.3) is 0 Å². The first-order valence-corrected chi connectivity index (χ1v) is 31.9. The molecule has 2 atom stereocenters. The molecule has 0 N–H and O–H groups in total. The lowest BCUT2D eigenvalue weighted by Gasteiger charge is -2.18. The van der Waals surface area contributed by atoms with E-state index < -0.39 is 6.10 Å². The Morgan fingerprint density at radius 3 is 0.743 bits per heavy atom. The number of hydrogen-bond donors (Lipinski definition) is 0. The lowest BCUT2D eigenvalue weighted by Crippen LogP contribution is -2.30. The van der Waals surface area contributed by atoms with Crippen LogP contribution in [0.2, 0.25) is 0 Å². The molecule has 0 fully saturated rings. The Kier molecular flexibility index (Phi) is 57.0. The molecule has 6 heteroatoms. The van der Waals surface area contributed by atoms with Gasteiger partial charge in [0.2, 0.25) is 0 Å². The fourth-order valence-electron chi connectivity index (χ4n) is 9.95. The highest BCUT2D eigenvalue weighted by Gasteiger charge is 2.19. The summed E-state index contributed by atoms with van der Waals surface area (Å²) < 4.78 is 17.0. The second-order valence-electron chi connectivity index (χ2n) is 22.3. The molecule has 0 saturated carbocycles. The quantitative estimate of drug-likeness (QED) is 0.0343. The summed E-state index contributed by atoms with van der Waals surface area (Å²) in [5, 5.41) is 0. The Balaban J connectivity index is 4.29. The van der Waals surface area contributed by atoms with Gasteiger partial charge in [-0.15, -0.1) is 0 Å². The van der Waals surface area contributed by atoms with Crippen molar-refractivity contribution in [2.75, 3.05) is 13.2 Å². The fourth-order valence-corrected chi connectivity index (χ4v) is 9.95. The summed E-state index contributed by atoms with van der Waals surface area (Å²) in [5.41, 5.74) is 0. The number of rotatable bonds is 59. The van der Waals surface area contributed by atoms with E-state index in [1.807, 2.05) is 0 Å². The van der Waals surface area contributed by atoms with Gasteiger partial charge in [0.1, 0.15) is 13.2 Å². The number of esters is 3. The van der Waals surface area contributed by atoms with Crippen LogP contribution in [0.3, 0.4) is 0 Å². The Morgan fingerprint density at radius 2 is 0.500 bits per heavy atom. The van der Waals surface area contributed by atoms with Crippen LogP contribution in [0, 0.1) is 5.92 Å². The smallest absolute Gasteiger partial charge is 0.306 e. The topological polar surface area (TPSA) is 78.9 Å². The van der Waals surface area contributed by atoms with Crippen LogP contribution < -0.4 is 0 Å². The SMILES string of the molecule is CCCCCCCCCCCCCCCCCCCCC(=O)O[C@H](COC(=O)CCCCCCCCCCCCCCCCCC)COC(=O)CCCCCCCCCCCCCCCCC(C)CC. The van der Waals surface area contributed by atoms with Gasteiger partial charge in [-0.1, -0.05) is 329 Å². The van der Waals surface area contributed by atoms with Crippen LogP contribution in [0.5, 0.6) is 0 Å². The van der Waals surface area contributed by atoms with E-state index in [-0.39, 0.29) is 31.1 Å². The van der Waals surface area contributed by atoms with E-state index >= 15 is 0 Å². The monoisotopic (exact) mass is 989 g/mol. The molecule has 0 aromatic carbocycles. The maximum absolute atomic E-state index is 12.9. The third-order valence-electron chi connectivity index (χ3n) is 15.2. The molecule has 1 unspecified atom stereocenters. The lowest BCUT2D eigenvalue weighted by atomic mass is 9.99. The van der Waals surface area contributed by atoms with E-state index in [4.69, 9.17) is 14.2 Å². The van der Waals surface area contributed by atoms with Crippen LogP contribution in [0.15, 0.2) is 0 Å². The van der Waals surface area contributed by atoms with Crippen molar-refractivity contribution in [1.29, 1.82) is 0 Å². The zero-order valence-electron chi connectivity index (χ0n) is 48.0. The first kappa shape index (κ1) is 68.4. The standard InChI is InChI=1S/C64H124O6/c1-5-8-10-12-14-16-18-20-22-24-25-27-33-37-41-45-49-53-57-64(67)70-61(58-68-62(65)55-51-47-43-39-35-31-26-23-21-19-17-15-13-11-9-6-2)59-69-63(66)56-52-48-44-40-36-32-29-28-30-34-38-42-46-50-54-60(4)7-3/h60-61H,5-59H2,1-4H3/t60?,61-/m1/s1. The van der Waals surface area contributed by atoms with Crippen molar-refractivity contribution in [2.45, 2.75) is 374 Å². The number of carbonyl (C=O) groups excluding carboxylic acids is 3. The van der Waals surface area contributed by atoms with Gasteiger partial charge < -0.3 is 14.2 Å². The second-order valence-corrected chi connectivity index (χ2v) is 22.3. The van der Waals surface area contributed by atoms with Gasteiger partial charge in [-0.05, 0) is 25.2 Å². The molecule has 70 heavy (non-hydrogen) atoms. The van der Waals surface area contributed by atoms with Crippen LogP contribution in [0.25, 0.3) is 0 Å². The van der Waals surface area contributed by atoms with Crippen LogP contribution in [0.1, 0.15) is 368 Å². The summed E-state index contributed by atoms with van der Waals surface area (Å²) >= 11 is 0. The van der Waals surface area contributed by atoms with Gasteiger partial charge >= 0.3 is 17.9 Å². The van der Waals surface area contributed by atoms with Crippen molar-refractivity contribution in [2.24, 2.45) is 5.92 Å². The van der Waals surface area contributed by atoms with Crippen molar-refractivity contribution in [3.63, 3.8) is 0 Å². The fraction of sp³-hybridized carbons (Fsp3) is 0.953. The summed E-state index contributed by atoms with van der Waals surface area (Å²) in [5.74, 6) is 0.0684. The van der Waals surface area contributed by atoms with Crippen molar-refractivity contribution >= 4 is 17.9 Å². The molecule has 0 amide bonds. The first-order valence-electron chi connectivity index (χ1n) is 31.9. The summed E-state index contributed by atoms with van der Waals surface area (Å²) in [4.78, 5) is 38.3. The number of carbonyl (C=O) groups is 3. The van der Waals surface area contributed by atoms with Crippen molar-refractivity contribution in [3.8, 4) is 0 Å². The highest BCUT2D eigenvalue weighted by atomic mass is 16.6. The molecule has 0 aromatic heterocycles. The van der Waals surface area contributed by atoms with Gasteiger partial charge in [0, 0.05) is 19.3 Å². The van der Waals surface area contributed by atoms with E-state index in [9.17, 15) is 14.4 Å². The zero-order valence-corrected chi connectivity index (χ0v) is 48.0. The Bertz CT molecular complexity index is 1060. The lowest BCUT2D eigenvalue weighted by molar-refractivity contribution is -0.167. The Morgan fingerprint density at radius 1 is 0.286 bits per heavy atom. The molecule has 0 aliphatic carbocycles. The first-order chi connectivity index (χ1) is 34.4. The van der Waals surface area contributed by atoms with Crippen molar-refractivity contribution in [1.82, 2.24) is 0 Å². The molecule has 6 nitrogen and oxygen atoms in total. The van der Waals surface area contributed by atoms with Gasteiger partial charge in [-0.25, -0.2) is 0 Å². The summed E-state index contributed by atoms with van der Waals surface area (Å²) in [7, 11) is 0. The van der Waals surface area contributed by atoms with Crippen LogP contribution in [-0.2, 0) is 28.6 Å². The van der Waals surface area contributed by atoms with Crippen molar-refractivity contribution < 1.29 is 28.6 Å². The highest BCUT2D eigenvalue weighted by molar-refractivity contribution is 5.71. The molecule has 0 bridgehead atoms. The van der Waals surface area contributed by atoms with E-state index in [0.717, 1.165) is 63.7 Å². The van der Waals surface area contributed by atoms with E-state index in [1.54, 1.807) is 0 Å².